The van der Waals surface area contributed by atoms with Gasteiger partial charge in [-0.1, -0.05) is 13.0 Å². The standard InChI is InChI=1S/C19H24N2O5/c1-3-26-15-7-5-14(6-8-15)20-17(23)21-12-11-19(24,13-21)18(9-4-10-18)16(22)25-2/h3,5-8,24H,1,4,9-13H2,2H3,(H,20,23). The lowest BCUT2D eigenvalue weighted by Crippen LogP contribution is -2.59. The molecule has 1 aliphatic heterocycles. The van der Waals surface area contributed by atoms with Crippen LogP contribution in [0.1, 0.15) is 25.7 Å². The Kier molecular flexibility index (Phi) is 4.91. The molecule has 7 nitrogen and oxygen atoms in total. The van der Waals surface area contributed by atoms with E-state index in [9.17, 15) is 14.7 Å². The quantitative estimate of drug-likeness (QED) is 0.622. The van der Waals surface area contributed by atoms with Crippen LogP contribution in [0.4, 0.5) is 10.5 Å². The van der Waals surface area contributed by atoms with Crippen molar-refractivity contribution in [3.8, 4) is 5.75 Å². The van der Waals surface area contributed by atoms with Gasteiger partial charge in [-0.3, -0.25) is 4.79 Å². The molecule has 7 heteroatoms. The summed E-state index contributed by atoms with van der Waals surface area (Å²) in [5.74, 6) is 0.241. The van der Waals surface area contributed by atoms with Crippen LogP contribution in [0.15, 0.2) is 37.1 Å². The molecular weight excluding hydrogens is 336 g/mol. The smallest absolute Gasteiger partial charge is 0.321 e. The van der Waals surface area contributed by atoms with Gasteiger partial charge in [-0.15, -0.1) is 0 Å². The van der Waals surface area contributed by atoms with Crippen LogP contribution in [0.5, 0.6) is 5.75 Å². The van der Waals surface area contributed by atoms with Gasteiger partial charge in [0.05, 0.1) is 25.3 Å². The lowest BCUT2D eigenvalue weighted by atomic mass is 9.58. The molecule has 1 aromatic carbocycles. The van der Waals surface area contributed by atoms with E-state index in [0.717, 1.165) is 6.42 Å². The van der Waals surface area contributed by atoms with E-state index in [0.29, 0.717) is 37.2 Å². The third kappa shape index (κ3) is 3.03. The summed E-state index contributed by atoms with van der Waals surface area (Å²) in [6, 6.07) is 6.58. The van der Waals surface area contributed by atoms with Crippen LogP contribution in [0.25, 0.3) is 0 Å². The number of hydrogen-bond donors (Lipinski definition) is 2. The highest BCUT2D eigenvalue weighted by molar-refractivity contribution is 5.90. The summed E-state index contributed by atoms with van der Waals surface area (Å²) in [7, 11) is 1.34. The predicted octanol–water partition coefficient (Wildman–Crippen LogP) is 2.52. The van der Waals surface area contributed by atoms with Gasteiger partial charge in [-0.05, 0) is 43.5 Å². The molecule has 0 spiro atoms. The molecule has 1 unspecified atom stereocenters. The van der Waals surface area contributed by atoms with E-state index in [4.69, 9.17) is 9.47 Å². The molecule has 0 aromatic heterocycles. The lowest BCUT2D eigenvalue weighted by Gasteiger charge is -2.48. The summed E-state index contributed by atoms with van der Waals surface area (Å²) in [5, 5.41) is 13.9. The molecule has 2 amide bonds. The number of benzene rings is 1. The molecule has 2 N–H and O–H groups in total. The van der Waals surface area contributed by atoms with Crippen LogP contribution in [-0.2, 0) is 9.53 Å². The molecule has 1 heterocycles. The first-order valence-corrected chi connectivity index (χ1v) is 8.68. The fourth-order valence-corrected chi connectivity index (χ4v) is 3.86. The lowest BCUT2D eigenvalue weighted by molar-refractivity contribution is -0.185. The second-order valence-corrected chi connectivity index (χ2v) is 6.87. The van der Waals surface area contributed by atoms with Gasteiger partial charge in [0.15, 0.2) is 0 Å². The number of nitrogens with one attached hydrogen (secondary N) is 1. The predicted molar refractivity (Wildman–Crippen MR) is 95.7 cm³/mol. The molecule has 1 saturated heterocycles. The third-order valence-corrected chi connectivity index (χ3v) is 5.53. The van der Waals surface area contributed by atoms with Crippen LogP contribution in [0.3, 0.4) is 0 Å². The SMILES string of the molecule is C=COc1ccc(NC(=O)N2CCC(O)(C3(C(=O)OC)CCC3)C2)cc1. The Morgan fingerprint density at radius 1 is 1.27 bits per heavy atom. The molecule has 1 aromatic rings. The molecule has 1 saturated carbocycles. The molecule has 140 valence electrons. The monoisotopic (exact) mass is 360 g/mol. The van der Waals surface area contributed by atoms with Crippen molar-refractivity contribution < 1.29 is 24.2 Å². The molecular formula is C19H24N2O5. The number of ether oxygens (including phenoxy) is 2. The molecule has 0 bridgehead atoms. The van der Waals surface area contributed by atoms with Crippen LogP contribution in [0.2, 0.25) is 0 Å². The fraction of sp³-hybridized carbons (Fsp3) is 0.474. The Morgan fingerprint density at radius 3 is 2.50 bits per heavy atom. The number of anilines is 1. The molecule has 0 radical (unpaired) electrons. The van der Waals surface area contributed by atoms with Crippen molar-refractivity contribution in [1.29, 1.82) is 0 Å². The van der Waals surface area contributed by atoms with Crippen molar-refractivity contribution in [2.24, 2.45) is 5.41 Å². The number of β-amino-alcohol motifs (C(OH)–C–C–N with tert-alkyl or cyclic N) is 1. The number of amides is 2. The van der Waals surface area contributed by atoms with Crippen LogP contribution in [-0.4, -0.2) is 47.8 Å². The Bertz CT molecular complexity index is 698. The van der Waals surface area contributed by atoms with Crippen LogP contribution < -0.4 is 10.1 Å². The van der Waals surface area contributed by atoms with Gasteiger partial charge in [0.1, 0.15) is 11.4 Å². The first kappa shape index (κ1) is 18.3. The topological polar surface area (TPSA) is 88.1 Å². The molecule has 1 atom stereocenters. The maximum atomic E-state index is 12.5. The number of rotatable bonds is 5. The van der Waals surface area contributed by atoms with E-state index < -0.39 is 11.0 Å². The molecule has 2 aliphatic rings. The first-order chi connectivity index (χ1) is 12.4. The van der Waals surface area contributed by atoms with Crippen molar-refractivity contribution >= 4 is 17.7 Å². The van der Waals surface area contributed by atoms with Gasteiger partial charge in [-0.2, -0.15) is 0 Å². The number of esters is 1. The van der Waals surface area contributed by atoms with Crippen LogP contribution in [0, 0.1) is 5.41 Å². The molecule has 3 rings (SSSR count). The Labute approximate surface area is 152 Å². The highest BCUT2D eigenvalue weighted by Gasteiger charge is 2.62. The maximum absolute atomic E-state index is 12.5. The number of carbonyl (C=O) groups is 2. The van der Waals surface area contributed by atoms with Crippen LogP contribution >= 0.6 is 0 Å². The number of carbonyl (C=O) groups excluding carboxylic acids is 2. The maximum Gasteiger partial charge on any atom is 0.321 e. The Morgan fingerprint density at radius 2 is 1.96 bits per heavy atom. The summed E-state index contributed by atoms with van der Waals surface area (Å²) >= 11 is 0. The number of urea groups is 1. The molecule has 1 aliphatic carbocycles. The van der Waals surface area contributed by atoms with E-state index in [1.54, 1.807) is 24.3 Å². The number of aliphatic hydroxyl groups is 1. The largest absolute Gasteiger partial charge is 0.469 e. The van der Waals surface area contributed by atoms with Crippen molar-refractivity contribution in [2.75, 3.05) is 25.5 Å². The van der Waals surface area contributed by atoms with Gasteiger partial charge in [0.2, 0.25) is 0 Å². The molecule has 2 fully saturated rings. The second kappa shape index (κ2) is 6.99. The van der Waals surface area contributed by atoms with Crippen molar-refractivity contribution in [2.45, 2.75) is 31.3 Å². The first-order valence-electron chi connectivity index (χ1n) is 8.68. The number of nitrogens with zero attached hydrogens (tertiary/aromatic N) is 1. The summed E-state index contributed by atoms with van der Waals surface area (Å²) in [6.45, 7) is 3.99. The normalized spacial score (nSPS) is 23.7. The Hall–Kier alpha value is -2.54. The number of hydrogen-bond acceptors (Lipinski definition) is 5. The van der Waals surface area contributed by atoms with Gasteiger partial charge in [0.25, 0.3) is 0 Å². The van der Waals surface area contributed by atoms with Gasteiger partial charge >= 0.3 is 12.0 Å². The number of likely N-dealkylation sites (tertiary alicyclic amines) is 1. The van der Waals surface area contributed by atoms with Crippen molar-refractivity contribution in [3.63, 3.8) is 0 Å². The zero-order valence-electron chi connectivity index (χ0n) is 14.9. The van der Waals surface area contributed by atoms with Gasteiger partial charge < -0.3 is 24.8 Å². The average molecular weight is 360 g/mol. The van der Waals surface area contributed by atoms with E-state index in [2.05, 4.69) is 11.9 Å². The third-order valence-electron chi connectivity index (χ3n) is 5.53. The zero-order valence-corrected chi connectivity index (χ0v) is 14.9. The summed E-state index contributed by atoms with van der Waals surface area (Å²) in [5.41, 5.74) is -1.51. The minimum atomic E-state index is -1.24. The van der Waals surface area contributed by atoms with E-state index in [-0.39, 0.29) is 18.5 Å². The van der Waals surface area contributed by atoms with Crippen molar-refractivity contribution in [3.05, 3.63) is 37.1 Å². The summed E-state index contributed by atoms with van der Waals surface area (Å²) in [4.78, 5) is 26.3. The fourth-order valence-electron chi connectivity index (χ4n) is 3.86. The van der Waals surface area contributed by atoms with Gasteiger partial charge in [-0.25, -0.2) is 4.79 Å². The molecule has 26 heavy (non-hydrogen) atoms. The summed E-state index contributed by atoms with van der Waals surface area (Å²) < 4.78 is 10.1. The second-order valence-electron chi connectivity index (χ2n) is 6.87. The summed E-state index contributed by atoms with van der Waals surface area (Å²) in [6.07, 6.45) is 3.76. The van der Waals surface area contributed by atoms with Gasteiger partial charge in [0, 0.05) is 12.2 Å². The Balaban J connectivity index is 1.65. The minimum Gasteiger partial charge on any atom is -0.469 e. The number of methoxy groups -OCH3 is 1. The van der Waals surface area contributed by atoms with E-state index >= 15 is 0 Å². The van der Waals surface area contributed by atoms with Crippen molar-refractivity contribution in [1.82, 2.24) is 4.90 Å². The average Bonchev–Trinajstić information content (AvgIpc) is 2.99. The minimum absolute atomic E-state index is 0.117. The van der Waals surface area contributed by atoms with E-state index in [1.165, 1.54) is 18.3 Å². The zero-order chi connectivity index (χ0) is 18.8. The van der Waals surface area contributed by atoms with E-state index in [1.807, 2.05) is 0 Å². The highest BCUT2D eigenvalue weighted by atomic mass is 16.5. The highest BCUT2D eigenvalue weighted by Crippen LogP contribution is 2.53.